The van der Waals surface area contributed by atoms with Gasteiger partial charge in [-0.25, -0.2) is 13.1 Å². The van der Waals surface area contributed by atoms with E-state index in [4.69, 9.17) is 4.52 Å². The van der Waals surface area contributed by atoms with Crippen molar-refractivity contribution in [1.82, 2.24) is 20.2 Å². The van der Waals surface area contributed by atoms with Crippen LogP contribution in [0.3, 0.4) is 0 Å². The number of nitrogens with one attached hydrogen (secondary N) is 2. The first-order chi connectivity index (χ1) is 9.05. The molecule has 0 spiro atoms. The van der Waals surface area contributed by atoms with Gasteiger partial charge in [-0.05, 0) is 31.8 Å². The number of piperidine rings is 1. The molecule has 1 atom stereocenters. The van der Waals surface area contributed by atoms with Gasteiger partial charge in [0, 0.05) is 19.9 Å². The van der Waals surface area contributed by atoms with Gasteiger partial charge in [-0.15, -0.1) is 0 Å². The van der Waals surface area contributed by atoms with Crippen LogP contribution in [0.15, 0.2) is 4.52 Å². The van der Waals surface area contributed by atoms with Crippen molar-refractivity contribution in [3.05, 3.63) is 11.7 Å². The molecule has 19 heavy (non-hydrogen) atoms. The maximum absolute atomic E-state index is 11.9. The highest BCUT2D eigenvalue weighted by Crippen LogP contribution is 2.11. The molecule has 0 radical (unpaired) electrons. The van der Waals surface area contributed by atoms with E-state index in [1.165, 1.54) is 0 Å². The fraction of sp³-hybridized carbons (Fsp3) is 0.818. The van der Waals surface area contributed by atoms with E-state index in [-0.39, 0.29) is 11.7 Å². The van der Waals surface area contributed by atoms with Crippen molar-refractivity contribution >= 4 is 10.0 Å². The van der Waals surface area contributed by atoms with Crippen LogP contribution in [0.5, 0.6) is 0 Å². The van der Waals surface area contributed by atoms with Gasteiger partial charge in [0.25, 0.3) is 0 Å². The number of aromatic nitrogens is 2. The monoisotopic (exact) mass is 288 g/mol. The van der Waals surface area contributed by atoms with Gasteiger partial charge >= 0.3 is 0 Å². The van der Waals surface area contributed by atoms with Crippen LogP contribution in [-0.4, -0.2) is 43.9 Å². The minimum atomic E-state index is -3.22. The quantitative estimate of drug-likeness (QED) is 0.755. The summed E-state index contributed by atoms with van der Waals surface area (Å²) >= 11 is 0. The smallest absolute Gasteiger partial charge is 0.223 e. The molecule has 2 N–H and O–H groups in total. The number of hydrogen-bond donors (Lipinski definition) is 2. The molecule has 1 aromatic rings. The van der Waals surface area contributed by atoms with Crippen molar-refractivity contribution in [2.75, 3.05) is 25.4 Å². The predicted octanol–water partition coefficient (Wildman–Crippen LogP) is -0.160. The summed E-state index contributed by atoms with van der Waals surface area (Å²) < 4.78 is 31.2. The van der Waals surface area contributed by atoms with Crippen LogP contribution in [0, 0.1) is 12.8 Å². The van der Waals surface area contributed by atoms with Crippen molar-refractivity contribution in [3.8, 4) is 0 Å². The minimum Gasteiger partial charge on any atom is -0.340 e. The molecule has 1 aliphatic rings. The number of nitrogens with zero attached hydrogens (tertiary/aromatic N) is 2. The topological polar surface area (TPSA) is 97.1 Å². The van der Waals surface area contributed by atoms with Crippen LogP contribution in [0.2, 0.25) is 0 Å². The normalized spacial score (nSPS) is 20.6. The molecule has 1 fully saturated rings. The third-order valence-electron chi connectivity index (χ3n) is 3.09. The molecule has 1 unspecified atom stereocenters. The van der Waals surface area contributed by atoms with Gasteiger partial charge in [0.15, 0.2) is 5.82 Å². The summed E-state index contributed by atoms with van der Waals surface area (Å²) in [5.41, 5.74) is 0. The van der Waals surface area contributed by atoms with Crippen LogP contribution in [-0.2, 0) is 16.4 Å². The van der Waals surface area contributed by atoms with Gasteiger partial charge in [-0.1, -0.05) is 5.16 Å². The summed E-state index contributed by atoms with van der Waals surface area (Å²) in [5.74, 6) is 1.41. The molecule has 1 aromatic heterocycles. The van der Waals surface area contributed by atoms with E-state index in [0.717, 1.165) is 25.9 Å². The molecule has 0 amide bonds. The summed E-state index contributed by atoms with van der Waals surface area (Å²) in [6, 6.07) is 0. The highest BCUT2D eigenvalue weighted by Gasteiger charge is 2.20. The van der Waals surface area contributed by atoms with Crippen molar-refractivity contribution in [1.29, 1.82) is 0 Å². The number of aryl methyl sites for hydroxylation is 1. The fourth-order valence-electron chi connectivity index (χ4n) is 2.20. The van der Waals surface area contributed by atoms with E-state index in [9.17, 15) is 8.42 Å². The minimum absolute atomic E-state index is 0.186. The maximum atomic E-state index is 11.9. The van der Waals surface area contributed by atoms with Gasteiger partial charge < -0.3 is 9.84 Å². The summed E-state index contributed by atoms with van der Waals surface area (Å²) in [7, 11) is -3.22. The van der Waals surface area contributed by atoms with E-state index in [1.807, 2.05) is 0 Å². The van der Waals surface area contributed by atoms with Crippen LogP contribution < -0.4 is 10.0 Å². The van der Waals surface area contributed by atoms with Crippen molar-refractivity contribution in [3.63, 3.8) is 0 Å². The molecule has 0 aromatic carbocycles. The highest BCUT2D eigenvalue weighted by atomic mass is 32.2. The van der Waals surface area contributed by atoms with Crippen molar-refractivity contribution in [2.24, 2.45) is 5.92 Å². The van der Waals surface area contributed by atoms with Gasteiger partial charge in [-0.2, -0.15) is 4.98 Å². The standard InChI is InChI=1S/C11H20N4O3S/c1-9-14-11(15-18-9)4-6-13-19(16,17)8-10-3-2-5-12-7-10/h10,12-13H,2-8H2,1H3. The lowest BCUT2D eigenvalue weighted by Gasteiger charge is -2.22. The number of sulfonamides is 1. The fourth-order valence-corrected chi connectivity index (χ4v) is 3.63. The molecular weight excluding hydrogens is 268 g/mol. The van der Waals surface area contributed by atoms with Crippen molar-refractivity contribution < 1.29 is 12.9 Å². The Morgan fingerprint density at radius 3 is 3.00 bits per heavy atom. The summed E-state index contributed by atoms with van der Waals surface area (Å²) in [5, 5.41) is 6.94. The molecule has 7 nitrogen and oxygen atoms in total. The second-order valence-corrected chi connectivity index (χ2v) is 6.72. The van der Waals surface area contributed by atoms with Crippen molar-refractivity contribution in [2.45, 2.75) is 26.2 Å². The molecule has 0 saturated carbocycles. The SMILES string of the molecule is Cc1nc(CCNS(=O)(=O)CC2CCCNC2)no1. The Hall–Kier alpha value is -0.990. The Kier molecular flexibility index (Phi) is 4.89. The molecule has 1 aliphatic heterocycles. The third kappa shape index (κ3) is 4.88. The second-order valence-electron chi connectivity index (χ2n) is 4.87. The Balaban J connectivity index is 1.74. The second kappa shape index (κ2) is 6.44. The first kappa shape index (κ1) is 14.4. The van der Waals surface area contributed by atoms with Gasteiger partial charge in [0.05, 0.1) is 5.75 Å². The molecule has 2 heterocycles. The molecule has 2 rings (SSSR count). The lowest BCUT2D eigenvalue weighted by atomic mass is 10.0. The molecule has 0 bridgehead atoms. The van der Waals surface area contributed by atoms with Crippen LogP contribution in [0.4, 0.5) is 0 Å². The highest BCUT2D eigenvalue weighted by molar-refractivity contribution is 7.89. The Morgan fingerprint density at radius 1 is 1.53 bits per heavy atom. The molecule has 1 saturated heterocycles. The maximum Gasteiger partial charge on any atom is 0.223 e. The summed E-state index contributed by atoms with van der Waals surface area (Å²) in [6.07, 6.45) is 2.46. The van der Waals surface area contributed by atoms with E-state index >= 15 is 0 Å². The molecule has 8 heteroatoms. The van der Waals surface area contributed by atoms with Gasteiger partial charge in [0.2, 0.25) is 15.9 Å². The number of rotatable bonds is 6. The third-order valence-corrected chi connectivity index (χ3v) is 4.65. The van der Waals surface area contributed by atoms with E-state index in [2.05, 4.69) is 20.2 Å². The van der Waals surface area contributed by atoms with Crippen LogP contribution in [0.1, 0.15) is 24.6 Å². The summed E-state index contributed by atoms with van der Waals surface area (Å²) in [6.45, 7) is 3.78. The zero-order chi connectivity index (χ0) is 13.7. The lowest BCUT2D eigenvalue weighted by molar-refractivity contribution is 0.387. The predicted molar refractivity (Wildman–Crippen MR) is 70.1 cm³/mol. The van der Waals surface area contributed by atoms with Gasteiger partial charge in [0.1, 0.15) is 0 Å². The summed E-state index contributed by atoms with van der Waals surface area (Å²) in [4.78, 5) is 4.02. The Morgan fingerprint density at radius 2 is 2.37 bits per heavy atom. The molecular formula is C11H20N4O3S. The van der Waals surface area contributed by atoms with Crippen LogP contribution in [0.25, 0.3) is 0 Å². The zero-order valence-corrected chi connectivity index (χ0v) is 11.9. The first-order valence-electron chi connectivity index (χ1n) is 6.52. The largest absolute Gasteiger partial charge is 0.340 e. The van der Waals surface area contributed by atoms with Crippen LogP contribution >= 0.6 is 0 Å². The average Bonchev–Trinajstić information content (AvgIpc) is 2.75. The number of hydrogen-bond acceptors (Lipinski definition) is 6. The molecule has 0 aliphatic carbocycles. The first-order valence-corrected chi connectivity index (χ1v) is 8.17. The zero-order valence-electron chi connectivity index (χ0n) is 11.1. The van der Waals surface area contributed by atoms with E-state index < -0.39 is 10.0 Å². The molecule has 108 valence electrons. The Bertz CT molecular complexity index is 494. The average molecular weight is 288 g/mol. The van der Waals surface area contributed by atoms with Gasteiger partial charge in [-0.3, -0.25) is 0 Å². The van der Waals surface area contributed by atoms with E-state index in [0.29, 0.717) is 24.7 Å². The Labute approximate surface area is 113 Å². The van der Waals surface area contributed by atoms with E-state index in [1.54, 1.807) is 6.92 Å². The lowest BCUT2D eigenvalue weighted by Crippen LogP contribution is -2.38.